The molecule has 7 heteroatoms. The molecule has 0 N–H and O–H groups in total. The van der Waals surface area contributed by atoms with Crippen molar-refractivity contribution in [2.75, 3.05) is 31.9 Å². The van der Waals surface area contributed by atoms with Crippen molar-refractivity contribution in [3.05, 3.63) is 11.9 Å². The van der Waals surface area contributed by atoms with E-state index in [9.17, 15) is 8.42 Å². The SMILES string of the molecule is CCCCn1c(CN2CC[C@@H](N(CC)CC)C2)cnc1S(=O)(=O)CC1CCC1. The summed E-state index contributed by atoms with van der Waals surface area (Å²) in [6.07, 6.45) is 8.29. The van der Waals surface area contributed by atoms with Crippen LogP contribution in [0.25, 0.3) is 0 Å². The maximum Gasteiger partial charge on any atom is 0.227 e. The van der Waals surface area contributed by atoms with Crippen LogP contribution in [0.1, 0.15) is 65.0 Å². The lowest BCUT2D eigenvalue weighted by molar-refractivity contribution is 0.207. The Bertz CT molecular complexity index is 723. The van der Waals surface area contributed by atoms with Crippen LogP contribution in [0.5, 0.6) is 0 Å². The lowest BCUT2D eigenvalue weighted by Gasteiger charge is -2.26. The van der Waals surface area contributed by atoms with Gasteiger partial charge < -0.3 is 4.57 Å². The Kier molecular flexibility index (Phi) is 7.56. The number of likely N-dealkylation sites (N-methyl/N-ethyl adjacent to an activating group) is 1. The summed E-state index contributed by atoms with van der Waals surface area (Å²) in [6.45, 7) is 12.5. The molecule has 6 nitrogen and oxygen atoms in total. The minimum Gasteiger partial charge on any atom is -0.318 e. The van der Waals surface area contributed by atoms with Gasteiger partial charge in [-0.1, -0.05) is 33.6 Å². The number of unbranched alkanes of at least 4 members (excludes halogenated alkanes) is 1. The van der Waals surface area contributed by atoms with Gasteiger partial charge in [0.2, 0.25) is 15.0 Å². The molecule has 0 spiro atoms. The average molecular weight is 411 g/mol. The summed E-state index contributed by atoms with van der Waals surface area (Å²) in [7, 11) is -3.30. The largest absolute Gasteiger partial charge is 0.318 e. The molecule has 0 bridgehead atoms. The van der Waals surface area contributed by atoms with Crippen LogP contribution in [-0.2, 0) is 22.9 Å². The molecule has 1 aliphatic carbocycles. The van der Waals surface area contributed by atoms with Crippen LogP contribution in [0, 0.1) is 5.92 Å². The molecule has 1 aliphatic heterocycles. The van der Waals surface area contributed by atoms with Gasteiger partial charge >= 0.3 is 0 Å². The van der Waals surface area contributed by atoms with Crippen LogP contribution in [-0.4, -0.2) is 65.7 Å². The zero-order valence-electron chi connectivity index (χ0n) is 17.9. The molecule has 1 aromatic rings. The molecular formula is C21H38N4O2S. The molecule has 1 saturated heterocycles. The summed E-state index contributed by atoms with van der Waals surface area (Å²) in [6, 6.07) is 0.615. The number of sulfone groups is 1. The van der Waals surface area contributed by atoms with Crippen molar-refractivity contribution in [3.8, 4) is 0 Å². The van der Waals surface area contributed by atoms with Crippen LogP contribution in [0.15, 0.2) is 11.4 Å². The minimum absolute atomic E-state index is 0.267. The molecule has 0 aromatic carbocycles. The fourth-order valence-corrected chi connectivity index (χ4v) is 6.45. The number of rotatable bonds is 11. The molecule has 3 rings (SSSR count). The number of aromatic nitrogens is 2. The monoisotopic (exact) mass is 410 g/mol. The van der Waals surface area contributed by atoms with Gasteiger partial charge in [0.05, 0.1) is 17.6 Å². The highest BCUT2D eigenvalue weighted by atomic mass is 32.2. The summed E-state index contributed by atoms with van der Waals surface area (Å²) in [5.74, 6) is 0.599. The molecule has 0 radical (unpaired) electrons. The Hall–Kier alpha value is -0.920. The van der Waals surface area contributed by atoms with Gasteiger partial charge in [0.1, 0.15) is 0 Å². The third-order valence-electron chi connectivity index (χ3n) is 6.56. The topological polar surface area (TPSA) is 58.4 Å². The number of nitrogens with zero attached hydrogens (tertiary/aromatic N) is 4. The van der Waals surface area contributed by atoms with Crippen molar-refractivity contribution >= 4 is 9.84 Å². The van der Waals surface area contributed by atoms with Crippen molar-refractivity contribution in [1.82, 2.24) is 19.4 Å². The number of hydrogen-bond acceptors (Lipinski definition) is 5. The maximum atomic E-state index is 13.0. The Morgan fingerprint density at radius 3 is 2.54 bits per heavy atom. The highest BCUT2D eigenvalue weighted by molar-refractivity contribution is 7.91. The van der Waals surface area contributed by atoms with Crippen molar-refractivity contribution < 1.29 is 8.42 Å². The maximum absolute atomic E-state index is 13.0. The quantitative estimate of drug-likeness (QED) is 0.561. The number of hydrogen-bond donors (Lipinski definition) is 0. The molecule has 0 unspecified atom stereocenters. The van der Waals surface area contributed by atoms with Crippen molar-refractivity contribution in [1.29, 1.82) is 0 Å². The van der Waals surface area contributed by atoms with Crippen molar-refractivity contribution in [2.45, 2.75) is 83.6 Å². The van der Waals surface area contributed by atoms with Gasteiger partial charge in [-0.2, -0.15) is 0 Å². The van der Waals surface area contributed by atoms with E-state index in [0.29, 0.717) is 17.1 Å². The second kappa shape index (κ2) is 9.72. The first kappa shape index (κ1) is 21.8. The average Bonchev–Trinajstić information content (AvgIpc) is 3.26. The van der Waals surface area contributed by atoms with Crippen LogP contribution in [0.3, 0.4) is 0 Å². The molecule has 2 heterocycles. The van der Waals surface area contributed by atoms with Crippen LogP contribution < -0.4 is 0 Å². The second-order valence-electron chi connectivity index (χ2n) is 8.51. The Labute approximate surface area is 171 Å². The third kappa shape index (κ3) is 4.97. The van der Waals surface area contributed by atoms with Gasteiger partial charge in [0.25, 0.3) is 0 Å². The molecular weight excluding hydrogens is 372 g/mol. The van der Waals surface area contributed by atoms with Crippen LogP contribution in [0.4, 0.5) is 0 Å². The van der Waals surface area contributed by atoms with E-state index in [0.717, 1.165) is 70.6 Å². The summed E-state index contributed by atoms with van der Waals surface area (Å²) in [4.78, 5) is 9.41. The Balaban J connectivity index is 1.73. The van der Waals surface area contributed by atoms with Crippen molar-refractivity contribution in [2.24, 2.45) is 5.92 Å². The van der Waals surface area contributed by atoms with Gasteiger partial charge in [-0.3, -0.25) is 9.80 Å². The highest BCUT2D eigenvalue weighted by Crippen LogP contribution is 2.30. The van der Waals surface area contributed by atoms with E-state index in [1.807, 2.05) is 10.8 Å². The number of imidazole rings is 1. The zero-order chi connectivity index (χ0) is 20.1. The fourth-order valence-electron chi connectivity index (χ4n) is 4.59. The lowest BCUT2D eigenvalue weighted by atomic mass is 9.87. The third-order valence-corrected chi connectivity index (χ3v) is 8.35. The first-order valence-electron chi connectivity index (χ1n) is 11.2. The van der Waals surface area contributed by atoms with Crippen LogP contribution in [0.2, 0.25) is 0 Å². The molecule has 2 fully saturated rings. The Morgan fingerprint density at radius 1 is 1.18 bits per heavy atom. The molecule has 2 aliphatic rings. The molecule has 1 aromatic heterocycles. The summed E-state index contributed by atoms with van der Waals surface area (Å²) < 4.78 is 28.0. The van der Waals surface area contributed by atoms with E-state index in [2.05, 4.69) is 35.6 Å². The van der Waals surface area contributed by atoms with Gasteiger partial charge in [-0.15, -0.1) is 0 Å². The second-order valence-corrected chi connectivity index (χ2v) is 10.4. The Morgan fingerprint density at radius 2 is 1.93 bits per heavy atom. The molecule has 1 atom stereocenters. The molecule has 28 heavy (non-hydrogen) atoms. The van der Waals surface area contributed by atoms with Crippen LogP contribution >= 0.6 is 0 Å². The summed E-state index contributed by atoms with van der Waals surface area (Å²) in [5.41, 5.74) is 1.06. The van der Waals surface area contributed by atoms with E-state index >= 15 is 0 Å². The normalized spacial score (nSPS) is 21.5. The molecule has 160 valence electrons. The number of likely N-dealkylation sites (tertiary alicyclic amines) is 1. The predicted molar refractivity (Wildman–Crippen MR) is 113 cm³/mol. The molecule has 1 saturated carbocycles. The van der Waals surface area contributed by atoms with Gasteiger partial charge in [-0.25, -0.2) is 13.4 Å². The van der Waals surface area contributed by atoms with Gasteiger partial charge in [0, 0.05) is 32.2 Å². The van der Waals surface area contributed by atoms with E-state index in [1.165, 1.54) is 12.8 Å². The fraction of sp³-hybridized carbons (Fsp3) is 0.857. The van der Waals surface area contributed by atoms with Crippen molar-refractivity contribution in [3.63, 3.8) is 0 Å². The van der Waals surface area contributed by atoms with Gasteiger partial charge in [-0.05, 0) is 44.7 Å². The standard InChI is InChI=1S/C21H38N4O2S/c1-4-7-12-25-20(16-23-13-11-19(15-23)24(5-2)6-3)14-22-21(25)28(26,27)17-18-9-8-10-18/h14,18-19H,4-13,15-17H2,1-3H3/t19-/m1/s1. The van der Waals surface area contributed by atoms with E-state index in [-0.39, 0.29) is 5.75 Å². The van der Waals surface area contributed by atoms with E-state index in [4.69, 9.17) is 0 Å². The van der Waals surface area contributed by atoms with E-state index in [1.54, 1.807) is 0 Å². The zero-order valence-corrected chi connectivity index (χ0v) is 18.8. The lowest BCUT2D eigenvalue weighted by Crippen LogP contribution is -2.37. The smallest absolute Gasteiger partial charge is 0.227 e. The van der Waals surface area contributed by atoms with Gasteiger partial charge in [0.15, 0.2) is 0 Å². The summed E-state index contributed by atoms with van der Waals surface area (Å²) >= 11 is 0. The first-order valence-corrected chi connectivity index (χ1v) is 12.9. The predicted octanol–water partition coefficient (Wildman–Crippen LogP) is 3.17. The van der Waals surface area contributed by atoms with E-state index < -0.39 is 9.84 Å². The first-order chi connectivity index (χ1) is 13.5. The minimum atomic E-state index is -3.30. The molecule has 0 amide bonds. The summed E-state index contributed by atoms with van der Waals surface area (Å²) in [5, 5.41) is 0.308. The highest BCUT2D eigenvalue weighted by Gasteiger charge is 2.31.